The summed E-state index contributed by atoms with van der Waals surface area (Å²) in [4.78, 5) is 10.3. The molecule has 54 heavy (non-hydrogen) atoms. The number of fused-ring (bicyclic) bond motifs is 7. The van der Waals surface area contributed by atoms with E-state index in [1.54, 1.807) is 0 Å². The van der Waals surface area contributed by atoms with Gasteiger partial charge in [0.25, 0.3) is 0 Å². The van der Waals surface area contributed by atoms with Gasteiger partial charge in [0.05, 0.1) is 22.2 Å². The molecule has 11 rings (SSSR count). The van der Waals surface area contributed by atoms with Gasteiger partial charge in [-0.15, -0.1) is 0 Å². The first kappa shape index (κ1) is 30.3. The van der Waals surface area contributed by atoms with E-state index in [1.807, 2.05) is 30.3 Å². The molecule has 0 saturated carbocycles. The van der Waals surface area contributed by atoms with Crippen molar-refractivity contribution < 1.29 is 4.42 Å². The van der Waals surface area contributed by atoms with Gasteiger partial charge in [-0.1, -0.05) is 127 Å². The van der Waals surface area contributed by atoms with Crippen molar-refractivity contribution >= 4 is 54.6 Å². The zero-order chi connectivity index (χ0) is 35.6. The Morgan fingerprint density at radius 1 is 0.389 bits per heavy atom. The van der Waals surface area contributed by atoms with Crippen molar-refractivity contribution in [2.24, 2.45) is 0 Å². The third kappa shape index (κ3) is 4.85. The van der Waals surface area contributed by atoms with Crippen molar-refractivity contribution in [3.63, 3.8) is 0 Å². The van der Waals surface area contributed by atoms with Crippen LogP contribution in [0.3, 0.4) is 0 Å². The SMILES string of the molecule is c1ccc(-c2nc(-c3cccc4oc5ccc(-c6cccc(-c7ccc8c(c7)c7ccccc7n8-c7ccccc7)c6)cc5c34)nc3ccccc23)cc1. The highest BCUT2D eigenvalue weighted by Gasteiger charge is 2.18. The van der Waals surface area contributed by atoms with Crippen molar-refractivity contribution in [3.05, 3.63) is 188 Å². The minimum atomic E-state index is 0.678. The third-order valence-corrected chi connectivity index (χ3v) is 10.6. The molecular weight excluding hydrogens is 659 g/mol. The van der Waals surface area contributed by atoms with Gasteiger partial charge >= 0.3 is 0 Å². The second kappa shape index (κ2) is 12.1. The van der Waals surface area contributed by atoms with Crippen LogP contribution in [0.2, 0.25) is 0 Å². The molecule has 0 aliphatic rings. The summed E-state index contributed by atoms with van der Waals surface area (Å²) < 4.78 is 8.81. The van der Waals surface area contributed by atoms with Crippen LogP contribution in [0.25, 0.3) is 105 Å². The maximum Gasteiger partial charge on any atom is 0.161 e. The fourth-order valence-corrected chi connectivity index (χ4v) is 8.09. The summed E-state index contributed by atoms with van der Waals surface area (Å²) in [5, 5.41) is 5.56. The second-order valence-electron chi connectivity index (χ2n) is 13.8. The van der Waals surface area contributed by atoms with Crippen LogP contribution >= 0.6 is 0 Å². The number of nitrogens with zero attached hydrogens (tertiary/aromatic N) is 3. The number of furan rings is 1. The van der Waals surface area contributed by atoms with E-state index in [-0.39, 0.29) is 0 Å². The van der Waals surface area contributed by atoms with Gasteiger partial charge in [0, 0.05) is 43.7 Å². The summed E-state index contributed by atoms with van der Waals surface area (Å²) in [7, 11) is 0. The molecule has 0 aliphatic heterocycles. The molecule has 11 aromatic rings. The molecule has 252 valence electrons. The first-order valence-electron chi connectivity index (χ1n) is 18.2. The minimum Gasteiger partial charge on any atom is -0.456 e. The Bertz CT molecular complexity index is 3210. The van der Waals surface area contributed by atoms with E-state index in [2.05, 4.69) is 162 Å². The normalized spacial score (nSPS) is 11.7. The summed E-state index contributed by atoms with van der Waals surface area (Å²) in [6, 6.07) is 66.2. The lowest BCUT2D eigenvalue weighted by molar-refractivity contribution is 0.669. The summed E-state index contributed by atoms with van der Waals surface area (Å²) in [5.74, 6) is 0.678. The van der Waals surface area contributed by atoms with Gasteiger partial charge in [0.1, 0.15) is 11.2 Å². The monoisotopic (exact) mass is 689 g/mol. The molecule has 0 N–H and O–H groups in total. The topological polar surface area (TPSA) is 43.9 Å². The number of aromatic nitrogens is 3. The van der Waals surface area contributed by atoms with Crippen LogP contribution in [-0.2, 0) is 0 Å². The van der Waals surface area contributed by atoms with Crippen LogP contribution in [-0.4, -0.2) is 14.5 Å². The molecule has 0 amide bonds. The number of rotatable bonds is 5. The van der Waals surface area contributed by atoms with Crippen molar-refractivity contribution in [1.82, 2.24) is 14.5 Å². The molecule has 3 aromatic heterocycles. The van der Waals surface area contributed by atoms with Gasteiger partial charge in [-0.05, 0) is 82.9 Å². The van der Waals surface area contributed by atoms with Crippen molar-refractivity contribution in [2.75, 3.05) is 0 Å². The molecule has 4 heteroatoms. The fraction of sp³-hybridized carbons (Fsp3) is 0. The Labute approximate surface area is 311 Å². The Balaban J connectivity index is 1.04. The van der Waals surface area contributed by atoms with Gasteiger partial charge in [-0.2, -0.15) is 0 Å². The Morgan fingerprint density at radius 2 is 1.02 bits per heavy atom. The Hall–Kier alpha value is -7.30. The van der Waals surface area contributed by atoms with Crippen LogP contribution in [0, 0.1) is 0 Å². The summed E-state index contributed by atoms with van der Waals surface area (Å²) in [5.41, 5.74) is 13.7. The van der Waals surface area contributed by atoms with E-state index in [1.165, 1.54) is 32.9 Å². The molecule has 0 fully saturated rings. The van der Waals surface area contributed by atoms with E-state index < -0.39 is 0 Å². The highest BCUT2D eigenvalue weighted by molar-refractivity contribution is 6.13. The number of para-hydroxylation sites is 3. The maximum atomic E-state index is 6.45. The second-order valence-corrected chi connectivity index (χ2v) is 13.8. The zero-order valence-corrected chi connectivity index (χ0v) is 29.1. The smallest absolute Gasteiger partial charge is 0.161 e. The van der Waals surface area contributed by atoms with Crippen LogP contribution in [0.1, 0.15) is 0 Å². The highest BCUT2D eigenvalue weighted by Crippen LogP contribution is 2.40. The van der Waals surface area contributed by atoms with Crippen LogP contribution < -0.4 is 0 Å². The highest BCUT2D eigenvalue weighted by atomic mass is 16.3. The quantitative estimate of drug-likeness (QED) is 0.181. The molecule has 0 bridgehead atoms. The van der Waals surface area contributed by atoms with Gasteiger partial charge in [-0.25, -0.2) is 9.97 Å². The zero-order valence-electron chi connectivity index (χ0n) is 29.1. The largest absolute Gasteiger partial charge is 0.456 e. The molecule has 0 spiro atoms. The van der Waals surface area contributed by atoms with E-state index in [9.17, 15) is 0 Å². The van der Waals surface area contributed by atoms with Crippen molar-refractivity contribution in [2.45, 2.75) is 0 Å². The molecule has 0 saturated heterocycles. The van der Waals surface area contributed by atoms with Gasteiger partial charge in [0.2, 0.25) is 0 Å². The molecule has 3 heterocycles. The first-order valence-corrected chi connectivity index (χ1v) is 18.2. The van der Waals surface area contributed by atoms with Gasteiger partial charge in [-0.3, -0.25) is 0 Å². The average molecular weight is 690 g/mol. The van der Waals surface area contributed by atoms with E-state index in [4.69, 9.17) is 14.4 Å². The van der Waals surface area contributed by atoms with E-state index >= 15 is 0 Å². The van der Waals surface area contributed by atoms with Gasteiger partial charge < -0.3 is 8.98 Å². The van der Waals surface area contributed by atoms with Crippen molar-refractivity contribution in [3.8, 4) is 50.6 Å². The first-order chi connectivity index (χ1) is 26.8. The maximum absolute atomic E-state index is 6.45. The van der Waals surface area contributed by atoms with E-state index in [0.717, 1.165) is 66.5 Å². The summed E-state index contributed by atoms with van der Waals surface area (Å²) >= 11 is 0. The molecule has 0 radical (unpaired) electrons. The number of hydrogen-bond donors (Lipinski definition) is 0. The molecular formula is C50H31N3O. The standard InChI is InChI=1S/C50H31N3O/c1-3-13-32(14-4-1)49-39-20-7-9-22-43(39)51-50(52-49)40-21-12-24-47-48(40)42-31-36(26-28-46(42)54-47)34-16-11-15-33(29-34)35-25-27-45-41(30-35)38-19-8-10-23-44(38)53(45)37-17-5-2-6-18-37/h1-31H. The number of hydrogen-bond acceptors (Lipinski definition) is 3. The van der Waals surface area contributed by atoms with E-state index in [0.29, 0.717) is 5.82 Å². The van der Waals surface area contributed by atoms with Gasteiger partial charge in [0.15, 0.2) is 5.82 Å². The van der Waals surface area contributed by atoms with Crippen LogP contribution in [0.5, 0.6) is 0 Å². The minimum absolute atomic E-state index is 0.678. The lowest BCUT2D eigenvalue weighted by Crippen LogP contribution is -1.95. The number of benzene rings is 8. The lowest BCUT2D eigenvalue weighted by atomic mass is 9.96. The average Bonchev–Trinajstić information content (AvgIpc) is 3.79. The summed E-state index contributed by atoms with van der Waals surface area (Å²) in [6.07, 6.45) is 0. The molecule has 0 aliphatic carbocycles. The molecule has 0 unspecified atom stereocenters. The molecule has 0 atom stereocenters. The van der Waals surface area contributed by atoms with Crippen LogP contribution in [0.15, 0.2) is 192 Å². The van der Waals surface area contributed by atoms with Crippen molar-refractivity contribution in [1.29, 1.82) is 0 Å². The predicted molar refractivity (Wildman–Crippen MR) is 223 cm³/mol. The molecule has 8 aromatic carbocycles. The third-order valence-electron chi connectivity index (χ3n) is 10.6. The Kier molecular flexibility index (Phi) is 6.82. The Morgan fingerprint density at radius 3 is 1.85 bits per heavy atom. The predicted octanol–water partition coefficient (Wildman–Crippen LogP) is 13.3. The lowest BCUT2D eigenvalue weighted by Gasteiger charge is -2.10. The van der Waals surface area contributed by atoms with Crippen LogP contribution in [0.4, 0.5) is 0 Å². The molecule has 4 nitrogen and oxygen atoms in total. The summed E-state index contributed by atoms with van der Waals surface area (Å²) in [6.45, 7) is 0. The fourth-order valence-electron chi connectivity index (χ4n) is 8.09.